The topological polar surface area (TPSA) is 92.3 Å². The van der Waals surface area contributed by atoms with Crippen LogP contribution in [-0.2, 0) is 13.8 Å². The minimum Gasteiger partial charge on any atom is -0.383 e. The number of anilines is 1. The van der Waals surface area contributed by atoms with Gasteiger partial charge in [-0.2, -0.15) is 0 Å². The number of aromatic nitrogens is 3. The number of halogens is 2. The van der Waals surface area contributed by atoms with Gasteiger partial charge in [0.1, 0.15) is 12.1 Å². The van der Waals surface area contributed by atoms with Crippen molar-refractivity contribution in [3.63, 3.8) is 0 Å². The SMILES string of the molecule is C[C@@]1(Cl)[C@@H]2C[PH](=O)OC[C@H]2O[C@H]1n1cc(F)c2c(N)ncnc21. The van der Waals surface area contributed by atoms with E-state index in [-0.39, 0.29) is 29.8 Å². The van der Waals surface area contributed by atoms with E-state index < -0.39 is 24.9 Å². The summed E-state index contributed by atoms with van der Waals surface area (Å²) in [7, 11) is -2.11. The lowest BCUT2D eigenvalue weighted by Gasteiger charge is -2.31. The van der Waals surface area contributed by atoms with Gasteiger partial charge in [-0.3, -0.25) is 4.57 Å². The minimum absolute atomic E-state index is 0.0614. The maximum atomic E-state index is 14.3. The first kappa shape index (κ1) is 15.3. The van der Waals surface area contributed by atoms with Gasteiger partial charge in [0.15, 0.2) is 25.7 Å². The number of alkyl halides is 1. The van der Waals surface area contributed by atoms with Crippen molar-refractivity contribution in [3.05, 3.63) is 18.3 Å². The highest BCUT2D eigenvalue weighted by molar-refractivity contribution is 7.39. The maximum absolute atomic E-state index is 14.3. The van der Waals surface area contributed by atoms with Gasteiger partial charge in [0.05, 0.1) is 23.0 Å². The molecule has 4 rings (SSSR count). The fraction of sp³-hybridized carbons (Fsp3) is 0.538. The Morgan fingerprint density at radius 3 is 3.13 bits per heavy atom. The number of nitrogens with zero attached hydrogens (tertiary/aromatic N) is 3. The molecule has 7 nitrogen and oxygen atoms in total. The number of ether oxygens (including phenoxy) is 1. The van der Waals surface area contributed by atoms with E-state index in [1.807, 2.05) is 0 Å². The molecule has 0 radical (unpaired) electrons. The van der Waals surface area contributed by atoms with E-state index in [1.54, 1.807) is 6.92 Å². The average Bonchev–Trinajstić information content (AvgIpc) is 2.95. The Hall–Kier alpha value is -1.21. The Labute approximate surface area is 136 Å². The third kappa shape index (κ3) is 2.20. The highest BCUT2D eigenvalue weighted by Crippen LogP contribution is 2.53. The van der Waals surface area contributed by atoms with Crippen molar-refractivity contribution >= 4 is 36.5 Å². The van der Waals surface area contributed by atoms with Crippen LogP contribution in [0.15, 0.2) is 12.5 Å². The van der Waals surface area contributed by atoms with Gasteiger partial charge in [-0.15, -0.1) is 11.6 Å². The molecule has 124 valence electrons. The van der Waals surface area contributed by atoms with Gasteiger partial charge in [-0.25, -0.2) is 14.4 Å². The third-order valence-corrected chi connectivity index (χ3v) is 6.33. The van der Waals surface area contributed by atoms with Crippen LogP contribution >= 0.6 is 19.6 Å². The van der Waals surface area contributed by atoms with Crippen LogP contribution in [0, 0.1) is 11.7 Å². The van der Waals surface area contributed by atoms with E-state index in [0.29, 0.717) is 11.8 Å². The van der Waals surface area contributed by atoms with Gasteiger partial charge in [0, 0.05) is 18.3 Å². The summed E-state index contributed by atoms with van der Waals surface area (Å²) < 4.78 is 38.7. The molecule has 0 saturated carbocycles. The lowest BCUT2D eigenvalue weighted by Crippen LogP contribution is -2.38. The quantitative estimate of drug-likeness (QED) is 0.619. The molecule has 0 spiro atoms. The molecule has 23 heavy (non-hydrogen) atoms. The first-order valence-corrected chi connectivity index (χ1v) is 9.06. The van der Waals surface area contributed by atoms with Crippen molar-refractivity contribution in [1.29, 1.82) is 0 Å². The van der Waals surface area contributed by atoms with Crippen LogP contribution in [0.25, 0.3) is 11.0 Å². The Morgan fingerprint density at radius 2 is 2.35 bits per heavy atom. The first-order chi connectivity index (χ1) is 10.9. The van der Waals surface area contributed by atoms with Crippen molar-refractivity contribution in [1.82, 2.24) is 14.5 Å². The second kappa shape index (κ2) is 5.14. The standard InChI is InChI=1S/C13H15ClFN4O3P/c1-13(14)6-4-23(20)21-3-8(6)22-12(13)19-2-7(15)9-10(16)17-5-18-11(9)19/h2,5-6,8,12,23H,3-4H2,1H3,(H2,16,17,18)/t6-,8-,12-,13-/m1/s1. The van der Waals surface area contributed by atoms with Crippen molar-refractivity contribution < 1.29 is 18.2 Å². The molecule has 4 heterocycles. The van der Waals surface area contributed by atoms with Crippen molar-refractivity contribution in [3.8, 4) is 0 Å². The third-order valence-electron chi connectivity index (χ3n) is 4.60. The Morgan fingerprint density at radius 1 is 1.57 bits per heavy atom. The predicted octanol–water partition coefficient (Wildman–Crippen LogP) is 2.17. The van der Waals surface area contributed by atoms with E-state index in [4.69, 9.17) is 26.6 Å². The number of nitrogens with two attached hydrogens (primary N) is 1. The summed E-state index contributed by atoms with van der Waals surface area (Å²) in [6, 6.07) is 0. The predicted molar refractivity (Wildman–Crippen MR) is 83.4 cm³/mol. The van der Waals surface area contributed by atoms with Gasteiger partial charge < -0.3 is 19.6 Å². The highest BCUT2D eigenvalue weighted by Gasteiger charge is 2.55. The van der Waals surface area contributed by atoms with Crippen LogP contribution in [0.3, 0.4) is 0 Å². The Kier molecular flexibility index (Phi) is 3.43. The lowest BCUT2D eigenvalue weighted by molar-refractivity contribution is -0.0291. The van der Waals surface area contributed by atoms with Gasteiger partial charge in [-0.05, 0) is 6.92 Å². The number of fused-ring (bicyclic) bond motifs is 2. The molecule has 5 atom stereocenters. The molecule has 10 heteroatoms. The van der Waals surface area contributed by atoms with Gasteiger partial charge >= 0.3 is 0 Å². The van der Waals surface area contributed by atoms with Crippen LogP contribution < -0.4 is 5.73 Å². The van der Waals surface area contributed by atoms with Crippen molar-refractivity contribution in [2.24, 2.45) is 5.92 Å². The molecule has 1 unspecified atom stereocenters. The van der Waals surface area contributed by atoms with E-state index in [1.165, 1.54) is 17.1 Å². The normalized spacial score (nSPS) is 37.2. The molecule has 2 aliphatic rings. The largest absolute Gasteiger partial charge is 0.383 e. The second-order valence-electron chi connectivity index (χ2n) is 6.01. The number of nitrogen functional groups attached to an aromatic ring is 1. The number of hydrogen-bond acceptors (Lipinski definition) is 6. The highest BCUT2D eigenvalue weighted by atomic mass is 35.5. The molecular formula is C13H15ClFN4O3P. The molecular weight excluding hydrogens is 346 g/mol. The fourth-order valence-electron chi connectivity index (χ4n) is 3.42. The smallest absolute Gasteiger partial charge is 0.192 e. The zero-order valence-electron chi connectivity index (χ0n) is 12.2. The fourth-order valence-corrected chi connectivity index (χ4v) is 5.44. The summed E-state index contributed by atoms with van der Waals surface area (Å²) >= 11 is 6.74. The number of hydrogen-bond donors (Lipinski definition) is 1. The molecule has 0 aromatic carbocycles. The summed E-state index contributed by atoms with van der Waals surface area (Å²) in [6.07, 6.45) is 1.93. The average molecular weight is 361 g/mol. The van der Waals surface area contributed by atoms with Crippen LogP contribution in [0.4, 0.5) is 10.2 Å². The summed E-state index contributed by atoms with van der Waals surface area (Å²) in [6.45, 7) is 2.03. The number of rotatable bonds is 1. The Balaban J connectivity index is 1.82. The Bertz CT molecular complexity index is 814. The molecule has 2 saturated heterocycles. The molecule has 2 aliphatic heterocycles. The summed E-state index contributed by atoms with van der Waals surface area (Å²) in [4.78, 5) is 7.05. The summed E-state index contributed by atoms with van der Waals surface area (Å²) in [5.74, 6) is -0.616. The first-order valence-electron chi connectivity index (χ1n) is 7.16. The molecule has 0 aliphatic carbocycles. The van der Waals surface area contributed by atoms with Crippen LogP contribution in [-0.4, -0.2) is 38.3 Å². The van der Waals surface area contributed by atoms with Crippen LogP contribution in [0.2, 0.25) is 0 Å². The molecule has 2 aromatic heterocycles. The molecule has 2 N–H and O–H groups in total. The minimum atomic E-state index is -2.11. The van der Waals surface area contributed by atoms with Crippen LogP contribution in [0.1, 0.15) is 13.2 Å². The lowest BCUT2D eigenvalue weighted by atomic mass is 9.91. The monoisotopic (exact) mass is 360 g/mol. The molecule has 2 aromatic rings. The van der Waals surface area contributed by atoms with E-state index >= 15 is 0 Å². The zero-order chi connectivity index (χ0) is 16.4. The van der Waals surface area contributed by atoms with Gasteiger partial charge in [0.2, 0.25) is 0 Å². The molecule has 0 bridgehead atoms. The zero-order valence-corrected chi connectivity index (χ0v) is 14.0. The van der Waals surface area contributed by atoms with Crippen molar-refractivity contribution in [2.45, 2.75) is 24.1 Å². The van der Waals surface area contributed by atoms with Gasteiger partial charge in [0.25, 0.3) is 0 Å². The van der Waals surface area contributed by atoms with Gasteiger partial charge in [-0.1, -0.05) is 0 Å². The van der Waals surface area contributed by atoms with E-state index in [0.717, 1.165) is 0 Å². The second-order valence-corrected chi connectivity index (χ2v) is 8.27. The van der Waals surface area contributed by atoms with E-state index in [9.17, 15) is 8.96 Å². The van der Waals surface area contributed by atoms with E-state index in [2.05, 4.69) is 9.97 Å². The maximum Gasteiger partial charge on any atom is 0.192 e. The molecule has 0 amide bonds. The van der Waals surface area contributed by atoms with Crippen molar-refractivity contribution in [2.75, 3.05) is 18.5 Å². The molecule has 2 fully saturated rings. The summed E-state index contributed by atoms with van der Waals surface area (Å²) in [5.41, 5.74) is 6.05. The summed E-state index contributed by atoms with van der Waals surface area (Å²) in [5, 5.41) is 0.142. The van der Waals surface area contributed by atoms with Crippen LogP contribution in [0.5, 0.6) is 0 Å².